The lowest BCUT2D eigenvalue weighted by Crippen LogP contribution is -2.20. The third-order valence-corrected chi connectivity index (χ3v) is 2.26. The van der Waals surface area contributed by atoms with Crippen LogP contribution in [0.25, 0.3) is 0 Å². The highest BCUT2D eigenvalue weighted by Gasteiger charge is 2.17. The van der Waals surface area contributed by atoms with Crippen LogP contribution in [0.1, 0.15) is 58.8 Å². The Balaban J connectivity index is 3.22. The molecule has 0 bridgehead atoms. The van der Waals surface area contributed by atoms with Crippen molar-refractivity contribution >= 4 is 0 Å². The fourth-order valence-corrected chi connectivity index (χ4v) is 1.31. The minimum absolute atomic E-state index is 0.607. The zero-order chi connectivity index (χ0) is 10.2. The number of rotatable bonds is 7. The topological polar surface area (TPSA) is 44.0 Å². The monoisotopic (exact) mass is 183 g/mol. The van der Waals surface area contributed by atoms with Gasteiger partial charge in [-0.1, -0.05) is 39.0 Å². The van der Waals surface area contributed by atoms with E-state index in [9.17, 15) is 5.11 Å². The number of hydrogen-bond donors (Lipinski definition) is 1. The Morgan fingerprint density at radius 2 is 1.69 bits per heavy atom. The van der Waals surface area contributed by atoms with Crippen molar-refractivity contribution < 1.29 is 5.11 Å². The van der Waals surface area contributed by atoms with Crippen LogP contribution in [0.3, 0.4) is 0 Å². The molecule has 0 fully saturated rings. The molecule has 0 radical (unpaired) electrons. The van der Waals surface area contributed by atoms with Gasteiger partial charge in [0.05, 0.1) is 6.07 Å². The third kappa shape index (κ3) is 7.80. The molecule has 76 valence electrons. The average Bonchev–Trinajstić information content (AvgIpc) is 2.11. The number of hydrogen-bond acceptors (Lipinski definition) is 2. The summed E-state index contributed by atoms with van der Waals surface area (Å²) in [6.07, 6.45) is 7.78. The van der Waals surface area contributed by atoms with Crippen molar-refractivity contribution in [3.63, 3.8) is 0 Å². The Hall–Kier alpha value is -0.550. The molecule has 2 nitrogen and oxygen atoms in total. The fraction of sp³-hybridized carbons (Fsp3) is 0.909. The summed E-state index contributed by atoms with van der Waals surface area (Å²) in [7, 11) is 0. The van der Waals surface area contributed by atoms with E-state index in [0.29, 0.717) is 6.42 Å². The molecular weight excluding hydrogens is 162 g/mol. The van der Waals surface area contributed by atoms with Gasteiger partial charge in [0.15, 0.2) is 0 Å². The Morgan fingerprint density at radius 1 is 1.15 bits per heavy atom. The molecule has 13 heavy (non-hydrogen) atoms. The molecule has 1 atom stereocenters. The van der Waals surface area contributed by atoms with Gasteiger partial charge in [0.2, 0.25) is 0 Å². The van der Waals surface area contributed by atoms with Crippen molar-refractivity contribution in [3.05, 3.63) is 0 Å². The maximum absolute atomic E-state index is 9.36. The van der Waals surface area contributed by atoms with Crippen molar-refractivity contribution in [2.24, 2.45) is 0 Å². The first-order valence-electron chi connectivity index (χ1n) is 5.26. The summed E-state index contributed by atoms with van der Waals surface area (Å²) in [6.45, 7) is 3.78. The second-order valence-corrected chi connectivity index (χ2v) is 3.90. The Labute approximate surface area is 81.6 Å². The van der Waals surface area contributed by atoms with Crippen LogP contribution in [0.15, 0.2) is 0 Å². The van der Waals surface area contributed by atoms with Gasteiger partial charge in [-0.15, -0.1) is 0 Å². The zero-order valence-electron chi connectivity index (χ0n) is 8.84. The molecule has 0 amide bonds. The van der Waals surface area contributed by atoms with Gasteiger partial charge in [-0.3, -0.25) is 0 Å². The molecular formula is C11H21NO. The molecule has 0 aromatic rings. The molecule has 0 aliphatic carbocycles. The molecule has 1 N–H and O–H groups in total. The van der Waals surface area contributed by atoms with Crippen molar-refractivity contribution in [2.75, 3.05) is 0 Å². The summed E-state index contributed by atoms with van der Waals surface area (Å²) in [4.78, 5) is 0. The van der Waals surface area contributed by atoms with E-state index in [1.807, 2.05) is 6.07 Å². The Morgan fingerprint density at radius 3 is 2.23 bits per heavy atom. The molecule has 0 saturated heterocycles. The van der Waals surface area contributed by atoms with Gasteiger partial charge < -0.3 is 5.11 Å². The SMILES string of the molecule is CCCCCCCCC(C)(O)C#N. The Kier molecular flexibility index (Phi) is 6.62. The highest BCUT2D eigenvalue weighted by molar-refractivity contribution is 4.95. The van der Waals surface area contributed by atoms with Crippen molar-refractivity contribution in [1.29, 1.82) is 5.26 Å². The largest absolute Gasteiger partial charge is 0.376 e. The number of unbranched alkanes of at least 4 members (excludes halogenated alkanes) is 5. The minimum atomic E-state index is -1.11. The van der Waals surface area contributed by atoms with Crippen LogP contribution < -0.4 is 0 Å². The van der Waals surface area contributed by atoms with E-state index in [4.69, 9.17) is 5.26 Å². The van der Waals surface area contributed by atoms with Gasteiger partial charge in [-0.25, -0.2) is 0 Å². The summed E-state index contributed by atoms with van der Waals surface area (Å²) >= 11 is 0. The zero-order valence-corrected chi connectivity index (χ0v) is 8.84. The lowest BCUT2D eigenvalue weighted by atomic mass is 9.99. The summed E-state index contributed by atoms with van der Waals surface area (Å²) in [6, 6.07) is 1.90. The van der Waals surface area contributed by atoms with Crippen LogP contribution >= 0.6 is 0 Å². The quantitative estimate of drug-likeness (QED) is 0.487. The summed E-state index contributed by atoms with van der Waals surface area (Å²) in [5.41, 5.74) is -1.11. The molecule has 1 unspecified atom stereocenters. The van der Waals surface area contributed by atoms with Gasteiger partial charge in [-0.2, -0.15) is 5.26 Å². The molecule has 0 saturated carbocycles. The van der Waals surface area contributed by atoms with Gasteiger partial charge in [0.25, 0.3) is 0 Å². The molecule has 0 aliphatic heterocycles. The molecule has 0 heterocycles. The molecule has 0 aromatic carbocycles. The number of nitrogens with zero attached hydrogens (tertiary/aromatic N) is 1. The molecule has 2 heteroatoms. The first-order valence-corrected chi connectivity index (χ1v) is 5.26. The van der Waals surface area contributed by atoms with Crippen LogP contribution in [0, 0.1) is 11.3 Å². The van der Waals surface area contributed by atoms with Crippen molar-refractivity contribution in [1.82, 2.24) is 0 Å². The number of aliphatic hydroxyl groups is 1. The molecule has 0 spiro atoms. The highest BCUT2D eigenvalue weighted by atomic mass is 16.3. The van der Waals surface area contributed by atoms with E-state index in [2.05, 4.69) is 6.92 Å². The van der Waals surface area contributed by atoms with Gasteiger partial charge in [0.1, 0.15) is 5.60 Å². The van der Waals surface area contributed by atoms with Crippen LogP contribution in [-0.4, -0.2) is 10.7 Å². The van der Waals surface area contributed by atoms with E-state index in [1.165, 1.54) is 25.7 Å². The van der Waals surface area contributed by atoms with Gasteiger partial charge in [0, 0.05) is 0 Å². The normalized spacial score (nSPS) is 14.9. The highest BCUT2D eigenvalue weighted by Crippen LogP contribution is 2.14. The van der Waals surface area contributed by atoms with Crippen LogP contribution in [0.2, 0.25) is 0 Å². The lowest BCUT2D eigenvalue weighted by molar-refractivity contribution is 0.106. The molecule has 0 rings (SSSR count). The maximum Gasteiger partial charge on any atom is 0.148 e. The van der Waals surface area contributed by atoms with E-state index < -0.39 is 5.60 Å². The third-order valence-electron chi connectivity index (χ3n) is 2.26. The second-order valence-electron chi connectivity index (χ2n) is 3.90. The van der Waals surface area contributed by atoms with Crippen molar-refractivity contribution in [2.45, 2.75) is 64.4 Å². The van der Waals surface area contributed by atoms with Crippen LogP contribution in [-0.2, 0) is 0 Å². The van der Waals surface area contributed by atoms with E-state index in [1.54, 1.807) is 6.92 Å². The number of nitriles is 1. The molecule has 0 aliphatic rings. The van der Waals surface area contributed by atoms with Crippen LogP contribution in [0.5, 0.6) is 0 Å². The van der Waals surface area contributed by atoms with E-state index >= 15 is 0 Å². The predicted molar refractivity (Wildman–Crippen MR) is 54.2 cm³/mol. The summed E-state index contributed by atoms with van der Waals surface area (Å²) in [5.74, 6) is 0. The summed E-state index contributed by atoms with van der Waals surface area (Å²) < 4.78 is 0. The lowest BCUT2D eigenvalue weighted by Gasteiger charge is -2.12. The fourth-order valence-electron chi connectivity index (χ4n) is 1.31. The maximum atomic E-state index is 9.36. The predicted octanol–water partition coefficient (Wildman–Crippen LogP) is 3.01. The van der Waals surface area contributed by atoms with E-state index in [-0.39, 0.29) is 0 Å². The summed E-state index contributed by atoms with van der Waals surface area (Å²) in [5, 5.41) is 17.9. The average molecular weight is 183 g/mol. The first-order chi connectivity index (χ1) is 6.12. The standard InChI is InChI=1S/C11H21NO/c1-3-4-5-6-7-8-9-11(2,13)10-12/h13H,3-9H2,1-2H3. The smallest absolute Gasteiger partial charge is 0.148 e. The second kappa shape index (κ2) is 6.91. The van der Waals surface area contributed by atoms with Crippen LogP contribution in [0.4, 0.5) is 0 Å². The minimum Gasteiger partial charge on any atom is -0.376 e. The first kappa shape index (κ1) is 12.4. The van der Waals surface area contributed by atoms with E-state index in [0.717, 1.165) is 12.8 Å². The Bertz CT molecular complexity index is 158. The van der Waals surface area contributed by atoms with Gasteiger partial charge >= 0.3 is 0 Å². The molecule has 0 aromatic heterocycles. The van der Waals surface area contributed by atoms with Gasteiger partial charge in [-0.05, 0) is 19.8 Å². The van der Waals surface area contributed by atoms with Crippen molar-refractivity contribution in [3.8, 4) is 6.07 Å².